The first-order valence-corrected chi connectivity index (χ1v) is 7.20. The Kier molecular flexibility index (Phi) is 6.15. The second-order valence-electron chi connectivity index (χ2n) is 4.18. The van der Waals surface area contributed by atoms with Gasteiger partial charge in [0.25, 0.3) is 0 Å². The molecular weight excluding hydrogens is 246 g/mol. The number of carbonyl (C=O) groups excluding carboxylic acids is 1. The van der Waals surface area contributed by atoms with Crippen LogP contribution in [-0.4, -0.2) is 42.9 Å². The zero-order valence-electron chi connectivity index (χ0n) is 10.3. The number of carboxylic acid groups (broad SMARTS) is 1. The molecule has 0 radical (unpaired) electrons. The van der Waals surface area contributed by atoms with E-state index in [0.717, 1.165) is 6.92 Å². The lowest BCUT2D eigenvalue weighted by atomic mass is 10.2. The molecule has 0 aliphatic heterocycles. The Morgan fingerprint density at radius 1 is 1.29 bits per heavy atom. The van der Waals surface area contributed by atoms with Crippen molar-refractivity contribution in [3.63, 3.8) is 0 Å². The molecule has 0 saturated carbocycles. The van der Waals surface area contributed by atoms with E-state index in [1.54, 1.807) is 6.92 Å². The van der Waals surface area contributed by atoms with Crippen molar-refractivity contribution < 1.29 is 23.1 Å². The summed E-state index contributed by atoms with van der Waals surface area (Å²) in [7, 11) is -3.48. The van der Waals surface area contributed by atoms with Crippen molar-refractivity contribution in [2.24, 2.45) is 5.92 Å². The second-order valence-corrected chi connectivity index (χ2v) is 6.34. The molecule has 7 heteroatoms. The van der Waals surface area contributed by atoms with Gasteiger partial charge in [0.2, 0.25) is 5.91 Å². The molecule has 0 aromatic heterocycles. The van der Waals surface area contributed by atoms with Crippen LogP contribution in [0.25, 0.3) is 0 Å². The van der Waals surface area contributed by atoms with Gasteiger partial charge in [-0.1, -0.05) is 20.3 Å². The van der Waals surface area contributed by atoms with Gasteiger partial charge in [0.1, 0.15) is 6.04 Å². The highest BCUT2D eigenvalue weighted by atomic mass is 32.2. The highest BCUT2D eigenvalue weighted by Crippen LogP contribution is 2.07. The summed E-state index contributed by atoms with van der Waals surface area (Å²) < 4.78 is 23.4. The lowest BCUT2D eigenvalue weighted by molar-refractivity contribution is -0.140. The summed E-state index contributed by atoms with van der Waals surface area (Å²) >= 11 is 0. The number of amides is 1. The average Bonchev–Trinajstić information content (AvgIpc) is 2.14. The van der Waals surface area contributed by atoms with Gasteiger partial charge >= 0.3 is 5.97 Å². The van der Waals surface area contributed by atoms with Crippen molar-refractivity contribution >= 4 is 21.7 Å². The number of hydrogen-bond acceptors (Lipinski definition) is 4. The van der Waals surface area contributed by atoms with Crippen LogP contribution in [0.4, 0.5) is 0 Å². The van der Waals surface area contributed by atoms with Crippen molar-refractivity contribution in [2.75, 3.05) is 11.5 Å². The minimum atomic E-state index is -3.48. The third-order valence-electron chi connectivity index (χ3n) is 2.33. The van der Waals surface area contributed by atoms with E-state index >= 15 is 0 Å². The van der Waals surface area contributed by atoms with E-state index in [1.807, 2.05) is 6.92 Å². The maximum atomic E-state index is 11.7. The molecule has 0 heterocycles. The Morgan fingerprint density at radius 2 is 1.82 bits per heavy atom. The first-order valence-electron chi connectivity index (χ1n) is 5.38. The quantitative estimate of drug-likeness (QED) is 0.676. The van der Waals surface area contributed by atoms with E-state index in [0.29, 0.717) is 6.42 Å². The van der Waals surface area contributed by atoms with Crippen LogP contribution < -0.4 is 5.32 Å². The van der Waals surface area contributed by atoms with Gasteiger partial charge in [-0.15, -0.1) is 0 Å². The maximum Gasteiger partial charge on any atom is 0.327 e. The number of hydrogen-bond donors (Lipinski definition) is 2. The van der Waals surface area contributed by atoms with Gasteiger partial charge in [0.05, 0.1) is 11.5 Å². The number of rotatable bonds is 7. The molecule has 0 bridgehead atoms. The molecule has 0 aliphatic carbocycles. The van der Waals surface area contributed by atoms with Crippen LogP contribution in [0.5, 0.6) is 0 Å². The van der Waals surface area contributed by atoms with E-state index in [4.69, 9.17) is 5.11 Å². The fourth-order valence-electron chi connectivity index (χ4n) is 1.29. The highest BCUT2D eigenvalue weighted by molar-refractivity contribution is 7.91. The zero-order chi connectivity index (χ0) is 13.6. The largest absolute Gasteiger partial charge is 0.480 e. The SMILES string of the molecule is CCC(C)CS(=O)(=O)CC(NC(C)=O)C(=O)O. The minimum Gasteiger partial charge on any atom is -0.480 e. The van der Waals surface area contributed by atoms with Crippen LogP contribution in [-0.2, 0) is 19.4 Å². The molecule has 0 aromatic carbocycles. The van der Waals surface area contributed by atoms with Gasteiger partial charge in [0, 0.05) is 6.92 Å². The van der Waals surface area contributed by atoms with Crippen molar-refractivity contribution in [2.45, 2.75) is 33.2 Å². The van der Waals surface area contributed by atoms with Gasteiger partial charge < -0.3 is 10.4 Å². The van der Waals surface area contributed by atoms with Crippen LogP contribution in [0, 0.1) is 5.92 Å². The fraction of sp³-hybridized carbons (Fsp3) is 0.800. The van der Waals surface area contributed by atoms with E-state index in [1.165, 1.54) is 0 Å². The lowest BCUT2D eigenvalue weighted by Gasteiger charge is -2.15. The Morgan fingerprint density at radius 3 is 2.18 bits per heavy atom. The molecule has 17 heavy (non-hydrogen) atoms. The molecule has 0 rings (SSSR count). The summed E-state index contributed by atoms with van der Waals surface area (Å²) in [6.45, 7) is 4.80. The van der Waals surface area contributed by atoms with Gasteiger partial charge in [-0.05, 0) is 5.92 Å². The van der Waals surface area contributed by atoms with Crippen LogP contribution in [0.15, 0.2) is 0 Å². The molecule has 0 fully saturated rings. The summed E-state index contributed by atoms with van der Waals surface area (Å²) in [5.74, 6) is -2.55. The van der Waals surface area contributed by atoms with Crippen molar-refractivity contribution in [3.05, 3.63) is 0 Å². The van der Waals surface area contributed by atoms with E-state index in [2.05, 4.69) is 5.32 Å². The Labute approximate surface area is 101 Å². The number of sulfone groups is 1. The van der Waals surface area contributed by atoms with Crippen molar-refractivity contribution in [1.82, 2.24) is 5.32 Å². The lowest BCUT2D eigenvalue weighted by Crippen LogP contribution is -2.45. The van der Waals surface area contributed by atoms with Crippen molar-refractivity contribution in [3.8, 4) is 0 Å². The standard InChI is InChI=1S/C10H19NO5S/c1-4-7(2)5-17(15,16)6-9(10(13)14)11-8(3)12/h7,9H,4-6H2,1-3H3,(H,11,12)(H,13,14). The predicted molar refractivity (Wildman–Crippen MR) is 63.3 cm³/mol. The summed E-state index contributed by atoms with van der Waals surface area (Å²) in [5, 5.41) is 10.9. The van der Waals surface area contributed by atoms with Crippen LogP contribution >= 0.6 is 0 Å². The normalized spacial score (nSPS) is 15.0. The first-order chi connectivity index (χ1) is 7.68. The van der Waals surface area contributed by atoms with Crippen LogP contribution in [0.2, 0.25) is 0 Å². The molecule has 2 atom stereocenters. The minimum absolute atomic E-state index is 0.0215. The molecule has 100 valence electrons. The second kappa shape index (κ2) is 6.58. The zero-order valence-corrected chi connectivity index (χ0v) is 11.1. The molecule has 0 aliphatic rings. The summed E-state index contributed by atoms with van der Waals surface area (Å²) in [6.07, 6.45) is 0.705. The topological polar surface area (TPSA) is 101 Å². The molecule has 2 unspecified atom stereocenters. The molecule has 0 aromatic rings. The molecule has 2 N–H and O–H groups in total. The maximum absolute atomic E-state index is 11.7. The first kappa shape index (κ1) is 15.9. The predicted octanol–water partition coefficient (Wildman–Crippen LogP) is 0.0366. The fourth-order valence-corrected chi connectivity index (χ4v) is 3.27. The van der Waals surface area contributed by atoms with Gasteiger partial charge in [0.15, 0.2) is 9.84 Å². The summed E-state index contributed by atoms with van der Waals surface area (Å²) in [6, 6.07) is -1.37. The van der Waals surface area contributed by atoms with Gasteiger partial charge in [-0.25, -0.2) is 13.2 Å². The van der Waals surface area contributed by atoms with Gasteiger partial charge in [-0.2, -0.15) is 0 Å². The van der Waals surface area contributed by atoms with Crippen LogP contribution in [0.3, 0.4) is 0 Å². The third kappa shape index (κ3) is 6.93. The molecule has 0 spiro atoms. The number of aliphatic carboxylic acids is 1. The van der Waals surface area contributed by atoms with E-state index in [9.17, 15) is 18.0 Å². The number of carbonyl (C=O) groups is 2. The highest BCUT2D eigenvalue weighted by Gasteiger charge is 2.26. The Balaban J connectivity index is 4.64. The van der Waals surface area contributed by atoms with E-state index in [-0.39, 0.29) is 11.7 Å². The van der Waals surface area contributed by atoms with Gasteiger partial charge in [-0.3, -0.25) is 4.79 Å². The third-order valence-corrected chi connectivity index (χ3v) is 4.25. The number of nitrogens with one attached hydrogen (secondary N) is 1. The smallest absolute Gasteiger partial charge is 0.327 e. The summed E-state index contributed by atoms with van der Waals surface area (Å²) in [4.78, 5) is 21.5. The average molecular weight is 265 g/mol. The Bertz CT molecular complexity index is 376. The monoisotopic (exact) mass is 265 g/mol. The molecule has 1 amide bonds. The molecular formula is C10H19NO5S. The summed E-state index contributed by atoms with van der Waals surface area (Å²) in [5.41, 5.74) is 0. The van der Waals surface area contributed by atoms with Crippen LogP contribution in [0.1, 0.15) is 27.2 Å². The molecule has 6 nitrogen and oxygen atoms in total. The number of carboxylic acids is 1. The molecule has 0 saturated heterocycles. The Hall–Kier alpha value is -1.11. The van der Waals surface area contributed by atoms with E-state index < -0.39 is 33.5 Å². The van der Waals surface area contributed by atoms with Crippen molar-refractivity contribution in [1.29, 1.82) is 0 Å².